The first kappa shape index (κ1) is 8.87. The van der Waals surface area contributed by atoms with E-state index in [1.165, 1.54) is 0 Å². The third-order valence-electron chi connectivity index (χ3n) is 0.525. The molecule has 0 amide bonds. The van der Waals surface area contributed by atoms with Crippen LogP contribution in [0, 0.1) is 5.53 Å². The number of ether oxygens (including phenoxy) is 1. The molecule has 0 aromatic heterocycles. The van der Waals surface area contributed by atoms with Gasteiger partial charge in [0.25, 0.3) is 0 Å². The number of hydrogen-bond donors (Lipinski definition) is 1. The SMILES string of the molecule is CC(C)(C)O/C([O-])=N\N=N. The Labute approximate surface area is 59.2 Å². The average molecular weight is 144 g/mol. The molecule has 0 aliphatic carbocycles. The quantitative estimate of drug-likeness (QED) is 0.251. The van der Waals surface area contributed by atoms with E-state index in [0.29, 0.717) is 0 Å². The summed E-state index contributed by atoms with van der Waals surface area (Å²) in [4.78, 5) is 0. The number of rotatable bonds is 1. The monoisotopic (exact) mass is 144 g/mol. The van der Waals surface area contributed by atoms with Gasteiger partial charge in [-0.2, -0.15) is 5.53 Å². The van der Waals surface area contributed by atoms with E-state index in [-0.39, 0.29) is 0 Å². The lowest BCUT2D eigenvalue weighted by molar-refractivity contribution is -0.260. The number of nitrogens with zero attached hydrogens (tertiary/aromatic N) is 2. The Balaban J connectivity index is 3.91. The van der Waals surface area contributed by atoms with Crippen LogP contribution in [0.2, 0.25) is 0 Å². The normalized spacial score (nSPS) is 12.9. The van der Waals surface area contributed by atoms with Crippen molar-refractivity contribution in [3.8, 4) is 0 Å². The molecule has 1 N–H and O–H groups in total. The van der Waals surface area contributed by atoms with Gasteiger partial charge in [0.1, 0.15) is 0 Å². The van der Waals surface area contributed by atoms with Crippen molar-refractivity contribution in [1.82, 2.24) is 0 Å². The van der Waals surface area contributed by atoms with E-state index in [0.717, 1.165) is 0 Å². The summed E-state index contributed by atoms with van der Waals surface area (Å²) in [5.74, 6) is 0. The van der Waals surface area contributed by atoms with Crippen LogP contribution in [0.25, 0.3) is 0 Å². The summed E-state index contributed by atoms with van der Waals surface area (Å²) >= 11 is 0. The maximum absolute atomic E-state index is 10.5. The van der Waals surface area contributed by atoms with E-state index in [1.807, 2.05) is 0 Å². The molecule has 0 aromatic carbocycles. The number of nitrogens with one attached hydrogen (secondary N) is 1. The third kappa shape index (κ3) is 5.02. The molecule has 0 spiro atoms. The van der Waals surface area contributed by atoms with Gasteiger partial charge in [0.2, 0.25) is 0 Å². The summed E-state index contributed by atoms with van der Waals surface area (Å²) in [6, 6.07) is 0. The Morgan fingerprint density at radius 3 is 2.30 bits per heavy atom. The van der Waals surface area contributed by atoms with Crippen molar-refractivity contribution < 1.29 is 9.84 Å². The van der Waals surface area contributed by atoms with Crippen LogP contribution in [0.5, 0.6) is 0 Å². The zero-order valence-electron chi connectivity index (χ0n) is 6.21. The van der Waals surface area contributed by atoms with Gasteiger partial charge in [-0.05, 0) is 0 Å². The molecule has 5 nitrogen and oxygen atoms in total. The highest BCUT2D eigenvalue weighted by Gasteiger charge is 2.03. The molecule has 0 aromatic rings. The molecule has 0 bridgehead atoms. The molecule has 0 aliphatic heterocycles. The van der Waals surface area contributed by atoms with Gasteiger partial charge < -0.3 is 9.84 Å². The van der Waals surface area contributed by atoms with Gasteiger partial charge in [0, 0.05) is 5.60 Å². The van der Waals surface area contributed by atoms with E-state index in [1.54, 1.807) is 20.8 Å². The molecule has 0 fully saturated rings. The summed E-state index contributed by atoms with van der Waals surface area (Å²) in [6.07, 6.45) is -0.831. The minimum absolute atomic E-state index is 0.564. The first-order valence-electron chi connectivity index (χ1n) is 2.76. The summed E-state index contributed by atoms with van der Waals surface area (Å²) in [5, 5.41) is 15.8. The first-order valence-corrected chi connectivity index (χ1v) is 2.76. The molecule has 0 saturated carbocycles. The highest BCUT2D eigenvalue weighted by atomic mass is 16.6. The largest absolute Gasteiger partial charge is 0.593 e. The van der Waals surface area contributed by atoms with Crippen molar-refractivity contribution in [3.05, 3.63) is 0 Å². The van der Waals surface area contributed by atoms with E-state index in [9.17, 15) is 5.11 Å². The van der Waals surface area contributed by atoms with Gasteiger partial charge in [0.05, 0.1) is 0 Å². The second kappa shape index (κ2) is 3.14. The predicted molar refractivity (Wildman–Crippen MR) is 33.4 cm³/mol. The Morgan fingerprint density at radius 1 is 1.50 bits per heavy atom. The van der Waals surface area contributed by atoms with E-state index < -0.39 is 11.7 Å². The molecule has 0 atom stereocenters. The molecule has 0 rings (SSSR count). The zero-order valence-corrected chi connectivity index (χ0v) is 6.21. The smallest absolute Gasteiger partial charge is 0.176 e. The van der Waals surface area contributed by atoms with E-state index >= 15 is 0 Å². The van der Waals surface area contributed by atoms with Crippen LogP contribution in [-0.2, 0) is 4.74 Å². The second-order valence-electron chi connectivity index (χ2n) is 2.68. The van der Waals surface area contributed by atoms with Crippen molar-refractivity contribution in [2.75, 3.05) is 0 Å². The molecule has 5 heteroatoms. The molecular formula is C5H10N3O2-. The van der Waals surface area contributed by atoms with Crippen LogP contribution < -0.4 is 5.11 Å². The van der Waals surface area contributed by atoms with E-state index in [2.05, 4.69) is 15.1 Å². The third-order valence-corrected chi connectivity index (χ3v) is 0.525. The van der Waals surface area contributed by atoms with Crippen LogP contribution in [0.15, 0.2) is 10.3 Å². The molecule has 0 aliphatic rings. The first-order chi connectivity index (χ1) is 4.45. The molecule has 58 valence electrons. The average Bonchev–Trinajstić information content (AvgIpc) is 1.59. The Morgan fingerprint density at radius 2 is 2.00 bits per heavy atom. The molecule has 0 radical (unpaired) electrons. The lowest BCUT2D eigenvalue weighted by atomic mass is 10.2. The van der Waals surface area contributed by atoms with Crippen LogP contribution in [0.3, 0.4) is 0 Å². The Hall–Kier alpha value is -1.13. The summed E-state index contributed by atoms with van der Waals surface area (Å²) in [7, 11) is 0. The summed E-state index contributed by atoms with van der Waals surface area (Å²) in [6.45, 7) is 5.14. The van der Waals surface area contributed by atoms with Gasteiger partial charge in [-0.25, -0.2) is 0 Å². The van der Waals surface area contributed by atoms with Gasteiger partial charge in [0.15, 0.2) is 6.08 Å². The molecule has 0 heterocycles. The molecule has 0 unspecified atom stereocenters. The maximum Gasteiger partial charge on any atom is 0.176 e. The standard InChI is InChI=1S/C5H11N3O2/c1-5(2,3)10-4(9)7-8-6/h1-3H3,(H2,6,7,9)/p-1. The van der Waals surface area contributed by atoms with Crippen molar-refractivity contribution >= 4 is 6.08 Å². The van der Waals surface area contributed by atoms with Crippen molar-refractivity contribution in [2.24, 2.45) is 10.3 Å². The second-order valence-corrected chi connectivity index (χ2v) is 2.68. The lowest BCUT2D eigenvalue weighted by Crippen LogP contribution is -2.31. The fourth-order valence-corrected chi connectivity index (χ4v) is 0.323. The fourth-order valence-electron chi connectivity index (χ4n) is 0.323. The van der Waals surface area contributed by atoms with Crippen LogP contribution in [0.4, 0.5) is 0 Å². The number of hydrogen-bond acceptors (Lipinski definition) is 4. The molecule has 0 saturated heterocycles. The highest BCUT2D eigenvalue weighted by Crippen LogP contribution is 2.05. The van der Waals surface area contributed by atoms with Gasteiger partial charge >= 0.3 is 0 Å². The van der Waals surface area contributed by atoms with Gasteiger partial charge in [-0.3, -0.25) is 0 Å². The summed E-state index contributed by atoms with van der Waals surface area (Å²) < 4.78 is 4.66. The highest BCUT2D eigenvalue weighted by molar-refractivity contribution is 5.61. The van der Waals surface area contributed by atoms with Gasteiger partial charge in [-0.1, -0.05) is 26.0 Å². The topological polar surface area (TPSA) is 80.9 Å². The minimum Gasteiger partial charge on any atom is -0.593 e. The van der Waals surface area contributed by atoms with E-state index in [4.69, 9.17) is 5.53 Å². The van der Waals surface area contributed by atoms with Crippen LogP contribution in [-0.4, -0.2) is 11.7 Å². The fraction of sp³-hybridized carbons (Fsp3) is 0.800. The molecule has 10 heavy (non-hydrogen) atoms. The maximum atomic E-state index is 10.5. The van der Waals surface area contributed by atoms with Crippen molar-refractivity contribution in [1.29, 1.82) is 5.53 Å². The van der Waals surface area contributed by atoms with Gasteiger partial charge in [-0.15, -0.1) is 5.10 Å². The lowest BCUT2D eigenvalue weighted by Gasteiger charge is -2.28. The zero-order chi connectivity index (χ0) is 8.20. The summed E-state index contributed by atoms with van der Waals surface area (Å²) in [5.41, 5.74) is 5.63. The Kier molecular flexibility index (Phi) is 2.79. The van der Waals surface area contributed by atoms with Crippen LogP contribution >= 0.6 is 0 Å². The van der Waals surface area contributed by atoms with Crippen LogP contribution in [0.1, 0.15) is 20.8 Å². The Bertz CT molecular complexity index is 147. The predicted octanol–water partition coefficient (Wildman–Crippen LogP) is 0.464. The van der Waals surface area contributed by atoms with Crippen molar-refractivity contribution in [3.63, 3.8) is 0 Å². The molecular weight excluding hydrogens is 134 g/mol. The minimum atomic E-state index is -0.831. The van der Waals surface area contributed by atoms with Crippen molar-refractivity contribution in [2.45, 2.75) is 26.4 Å².